The maximum absolute atomic E-state index is 5.70. The first kappa shape index (κ1) is 12.4. The molecule has 0 unspecified atom stereocenters. The summed E-state index contributed by atoms with van der Waals surface area (Å²) in [4.78, 5) is 0. The van der Waals surface area contributed by atoms with Crippen molar-refractivity contribution in [2.24, 2.45) is 0 Å². The van der Waals surface area contributed by atoms with Crippen LogP contribution in [0.15, 0.2) is 59.1 Å². The van der Waals surface area contributed by atoms with Gasteiger partial charge in [-0.25, -0.2) is 0 Å². The van der Waals surface area contributed by atoms with Gasteiger partial charge in [0.25, 0.3) is 9.28 Å². The number of fused-ring (bicyclic) bond motifs is 3. The highest BCUT2D eigenvalue weighted by Crippen LogP contribution is 2.31. The lowest BCUT2D eigenvalue weighted by Gasteiger charge is -2.10. The van der Waals surface area contributed by atoms with Crippen molar-refractivity contribution < 1.29 is 4.43 Å². The van der Waals surface area contributed by atoms with Gasteiger partial charge in [0.15, 0.2) is 0 Å². The van der Waals surface area contributed by atoms with E-state index in [1.54, 1.807) is 0 Å². The van der Waals surface area contributed by atoms with Crippen LogP contribution >= 0.6 is 15.9 Å². The van der Waals surface area contributed by atoms with Gasteiger partial charge in [-0.15, -0.1) is 0 Å². The number of hydrogen-bond acceptors (Lipinski definition) is 1. The predicted octanol–water partition coefficient (Wildman–Crippen LogP) is 3.53. The van der Waals surface area contributed by atoms with Crippen molar-refractivity contribution in [3.8, 4) is 16.9 Å². The normalized spacial score (nSPS) is 13.2. The number of rotatable bonds is 1. The van der Waals surface area contributed by atoms with Crippen LogP contribution in [0.4, 0.5) is 0 Å². The predicted molar refractivity (Wildman–Crippen MR) is 88.9 cm³/mol. The van der Waals surface area contributed by atoms with Gasteiger partial charge >= 0.3 is 0 Å². The van der Waals surface area contributed by atoms with Crippen LogP contribution in [-0.2, 0) is 0 Å². The van der Waals surface area contributed by atoms with Gasteiger partial charge in [-0.3, -0.25) is 0 Å². The van der Waals surface area contributed by atoms with E-state index in [0.717, 1.165) is 19.3 Å². The van der Waals surface area contributed by atoms with Gasteiger partial charge in [0.2, 0.25) is 0 Å². The standard InChI is InChI=1S/C16H9BrOSi2/c17-11-6-4-10(5-7-11)12-2-1-3-14-13(12)8-9-15-16(14)19-20-18-15/h1-9H. The van der Waals surface area contributed by atoms with E-state index >= 15 is 0 Å². The first-order valence-corrected chi connectivity index (χ1v) is 10.0. The summed E-state index contributed by atoms with van der Waals surface area (Å²) in [5, 5.41) is 4.04. The van der Waals surface area contributed by atoms with E-state index < -0.39 is 0 Å². The molecule has 0 amide bonds. The van der Waals surface area contributed by atoms with Gasteiger partial charge in [0.05, 0.1) is 0 Å². The molecule has 1 aliphatic heterocycles. The summed E-state index contributed by atoms with van der Waals surface area (Å²) < 4.78 is 6.81. The second-order valence-corrected chi connectivity index (χ2v) is 8.11. The molecule has 0 fully saturated rings. The third kappa shape index (κ3) is 1.95. The maximum Gasteiger partial charge on any atom is 0.289 e. The van der Waals surface area contributed by atoms with Gasteiger partial charge in [-0.1, -0.05) is 52.3 Å². The fourth-order valence-corrected chi connectivity index (χ4v) is 5.54. The lowest BCUT2D eigenvalue weighted by molar-refractivity contribution is 0.622. The van der Waals surface area contributed by atoms with Crippen LogP contribution in [0.5, 0.6) is 5.75 Å². The lowest BCUT2D eigenvalue weighted by Crippen LogP contribution is -2.13. The molecule has 1 nitrogen and oxygen atoms in total. The van der Waals surface area contributed by atoms with Crippen molar-refractivity contribution in [3.05, 3.63) is 59.1 Å². The van der Waals surface area contributed by atoms with Crippen molar-refractivity contribution in [1.29, 1.82) is 0 Å². The van der Waals surface area contributed by atoms with Crippen LogP contribution in [0.3, 0.4) is 0 Å². The first-order chi connectivity index (χ1) is 9.83. The van der Waals surface area contributed by atoms with Crippen molar-refractivity contribution in [2.75, 3.05) is 0 Å². The highest BCUT2D eigenvalue weighted by atomic mass is 79.9. The quantitative estimate of drug-likeness (QED) is 0.608. The average Bonchev–Trinajstić information content (AvgIpc) is 2.96. The molecule has 0 saturated carbocycles. The van der Waals surface area contributed by atoms with E-state index in [9.17, 15) is 0 Å². The second-order valence-electron chi connectivity index (χ2n) is 4.68. The molecule has 0 spiro atoms. The molecule has 1 aliphatic rings. The van der Waals surface area contributed by atoms with Crippen LogP contribution in [0, 0.1) is 0 Å². The van der Waals surface area contributed by atoms with E-state index in [1.165, 1.54) is 27.1 Å². The molecule has 0 N–H and O–H groups in total. The highest BCUT2D eigenvalue weighted by Gasteiger charge is 2.18. The third-order valence-corrected chi connectivity index (χ3v) is 6.60. The van der Waals surface area contributed by atoms with Crippen LogP contribution in [-0.4, -0.2) is 18.3 Å². The molecule has 0 aliphatic carbocycles. The van der Waals surface area contributed by atoms with Gasteiger partial charge in [-0.2, -0.15) is 0 Å². The first-order valence-electron chi connectivity index (χ1n) is 6.32. The van der Waals surface area contributed by atoms with Crippen molar-refractivity contribution >= 4 is 50.2 Å². The molecule has 4 heteroatoms. The molecule has 94 valence electrons. The summed E-state index contributed by atoms with van der Waals surface area (Å²) in [5.41, 5.74) is 2.54. The monoisotopic (exact) mass is 352 g/mol. The largest absolute Gasteiger partial charge is 0.545 e. The minimum absolute atomic E-state index is 0.593. The van der Waals surface area contributed by atoms with Gasteiger partial charge in [0.1, 0.15) is 14.8 Å². The topological polar surface area (TPSA) is 9.23 Å². The molecule has 0 atom stereocenters. The van der Waals surface area contributed by atoms with E-state index in [2.05, 4.69) is 70.5 Å². The zero-order valence-corrected chi connectivity index (χ0v) is 14.1. The van der Waals surface area contributed by atoms with Crippen LogP contribution in [0.25, 0.3) is 21.9 Å². The van der Waals surface area contributed by atoms with Crippen LogP contribution < -0.4 is 9.61 Å². The summed E-state index contributed by atoms with van der Waals surface area (Å²) in [7, 11) is 1.38. The van der Waals surface area contributed by atoms with Gasteiger partial charge < -0.3 is 4.43 Å². The number of hydrogen-bond donors (Lipinski definition) is 0. The molecule has 4 rings (SSSR count). The Labute approximate surface area is 130 Å². The van der Waals surface area contributed by atoms with Gasteiger partial charge in [-0.05, 0) is 45.3 Å². The molecule has 3 aromatic rings. The molecule has 0 saturated heterocycles. The average molecular weight is 353 g/mol. The Morgan fingerprint density at radius 2 is 1.70 bits per heavy atom. The smallest absolute Gasteiger partial charge is 0.289 e. The minimum Gasteiger partial charge on any atom is -0.545 e. The van der Waals surface area contributed by atoms with Crippen molar-refractivity contribution in [2.45, 2.75) is 0 Å². The van der Waals surface area contributed by atoms with Crippen LogP contribution in [0.1, 0.15) is 0 Å². The summed E-state index contributed by atoms with van der Waals surface area (Å²) >= 11 is 3.49. The molecule has 1 heterocycles. The Morgan fingerprint density at radius 3 is 2.55 bits per heavy atom. The second kappa shape index (κ2) is 4.88. The molecule has 0 bridgehead atoms. The summed E-state index contributed by atoms with van der Waals surface area (Å²) in [6.07, 6.45) is 0. The van der Waals surface area contributed by atoms with E-state index in [0.29, 0.717) is 9.28 Å². The van der Waals surface area contributed by atoms with E-state index in [-0.39, 0.29) is 0 Å². The Bertz CT molecular complexity index is 799. The zero-order valence-electron chi connectivity index (χ0n) is 10.5. The van der Waals surface area contributed by atoms with Gasteiger partial charge in [0, 0.05) is 4.47 Å². The lowest BCUT2D eigenvalue weighted by atomic mass is 9.98. The zero-order chi connectivity index (χ0) is 13.5. The fraction of sp³-hybridized carbons (Fsp3) is 0. The van der Waals surface area contributed by atoms with Crippen molar-refractivity contribution in [3.63, 3.8) is 0 Å². The summed E-state index contributed by atoms with van der Waals surface area (Å²) in [6.45, 7) is 0. The molecular formula is C16H9BrOSi2. The summed E-state index contributed by atoms with van der Waals surface area (Å²) in [5.74, 6) is 1.07. The number of halogens is 1. The molecule has 20 heavy (non-hydrogen) atoms. The SMILES string of the molecule is Brc1ccc(-c2cccc3c4c(ccc23)O[Si][Si]4)cc1. The van der Waals surface area contributed by atoms with Crippen LogP contribution in [0.2, 0.25) is 0 Å². The molecule has 4 radical (unpaired) electrons. The van der Waals surface area contributed by atoms with E-state index in [1.807, 2.05) is 0 Å². The third-order valence-electron chi connectivity index (χ3n) is 3.52. The minimum atomic E-state index is 0.593. The highest BCUT2D eigenvalue weighted by molar-refractivity contribution is 9.10. The molecule has 3 aromatic carbocycles. The molecule has 0 aromatic heterocycles. The van der Waals surface area contributed by atoms with E-state index in [4.69, 9.17) is 4.43 Å². The maximum atomic E-state index is 5.70. The Balaban J connectivity index is 1.99. The summed E-state index contributed by atoms with van der Waals surface area (Å²) in [6, 6.07) is 19.4. The Hall–Kier alpha value is -1.37. The Kier molecular flexibility index (Phi) is 3.02. The fourth-order valence-electron chi connectivity index (χ4n) is 2.56. The van der Waals surface area contributed by atoms with Crippen molar-refractivity contribution in [1.82, 2.24) is 0 Å². The molecular weight excluding hydrogens is 344 g/mol. The number of benzene rings is 3. The Morgan fingerprint density at radius 1 is 0.850 bits per heavy atom.